The Morgan fingerprint density at radius 3 is 2.69 bits per heavy atom. The molecule has 3 heteroatoms. The Balaban J connectivity index is 2.50. The topological polar surface area (TPSA) is 56.8 Å². The molecule has 0 aliphatic heterocycles. The van der Waals surface area contributed by atoms with E-state index >= 15 is 0 Å². The van der Waals surface area contributed by atoms with E-state index in [0.29, 0.717) is 24.3 Å². The third-order valence-electron chi connectivity index (χ3n) is 2.26. The molecule has 0 aromatic heterocycles. The van der Waals surface area contributed by atoms with E-state index in [1.807, 2.05) is 13.8 Å². The van der Waals surface area contributed by atoms with Crippen LogP contribution in [0, 0.1) is 28.1 Å². The molecule has 16 heavy (non-hydrogen) atoms. The van der Waals surface area contributed by atoms with Crippen LogP contribution in [0.3, 0.4) is 0 Å². The number of rotatable bonds is 4. The highest BCUT2D eigenvalue weighted by Crippen LogP contribution is 2.20. The van der Waals surface area contributed by atoms with Crippen molar-refractivity contribution in [3.63, 3.8) is 0 Å². The van der Waals surface area contributed by atoms with Crippen molar-refractivity contribution in [1.29, 1.82) is 10.5 Å². The SMILES string of the molecule is CC(C)(C#N)CCOc1cccc(C#N)c1. The van der Waals surface area contributed by atoms with Gasteiger partial charge < -0.3 is 4.74 Å². The summed E-state index contributed by atoms with van der Waals surface area (Å²) in [6, 6.07) is 11.3. The first-order valence-corrected chi connectivity index (χ1v) is 5.11. The highest BCUT2D eigenvalue weighted by Gasteiger charge is 2.16. The number of hydrogen-bond acceptors (Lipinski definition) is 3. The molecule has 82 valence electrons. The second-order valence-electron chi connectivity index (χ2n) is 4.23. The number of ether oxygens (including phenoxy) is 1. The minimum Gasteiger partial charge on any atom is -0.493 e. The zero-order valence-electron chi connectivity index (χ0n) is 9.53. The van der Waals surface area contributed by atoms with Crippen LogP contribution in [0.4, 0.5) is 0 Å². The minimum atomic E-state index is -0.368. The molecule has 0 unspecified atom stereocenters. The fourth-order valence-electron chi connectivity index (χ4n) is 1.14. The largest absolute Gasteiger partial charge is 0.493 e. The molecule has 0 aliphatic rings. The second kappa shape index (κ2) is 5.19. The van der Waals surface area contributed by atoms with Gasteiger partial charge in [-0.3, -0.25) is 0 Å². The van der Waals surface area contributed by atoms with E-state index in [0.717, 1.165) is 0 Å². The van der Waals surface area contributed by atoms with Crippen molar-refractivity contribution in [2.75, 3.05) is 6.61 Å². The standard InChI is InChI=1S/C13H14N2O/c1-13(2,10-15)6-7-16-12-5-3-4-11(8-12)9-14/h3-5,8H,6-7H2,1-2H3. The molecular weight excluding hydrogens is 200 g/mol. The zero-order chi connectivity index (χ0) is 12.0. The number of nitrogens with zero attached hydrogens (tertiary/aromatic N) is 2. The number of nitriles is 2. The number of benzene rings is 1. The fraction of sp³-hybridized carbons (Fsp3) is 0.385. The van der Waals surface area contributed by atoms with E-state index in [1.54, 1.807) is 24.3 Å². The molecule has 0 fully saturated rings. The maximum absolute atomic E-state index is 8.82. The first-order valence-electron chi connectivity index (χ1n) is 5.11. The van der Waals surface area contributed by atoms with Gasteiger partial charge in [0.05, 0.1) is 29.7 Å². The highest BCUT2D eigenvalue weighted by molar-refractivity contribution is 5.36. The van der Waals surface area contributed by atoms with Gasteiger partial charge in [-0.2, -0.15) is 10.5 Å². The molecule has 0 aliphatic carbocycles. The average molecular weight is 214 g/mol. The maximum Gasteiger partial charge on any atom is 0.120 e. The van der Waals surface area contributed by atoms with Gasteiger partial charge in [-0.1, -0.05) is 6.07 Å². The van der Waals surface area contributed by atoms with Crippen molar-refractivity contribution < 1.29 is 4.74 Å². The quantitative estimate of drug-likeness (QED) is 0.774. The van der Waals surface area contributed by atoms with Crippen LogP contribution in [-0.4, -0.2) is 6.61 Å². The van der Waals surface area contributed by atoms with E-state index in [1.165, 1.54) is 0 Å². The van der Waals surface area contributed by atoms with Crippen LogP contribution in [0.5, 0.6) is 5.75 Å². The van der Waals surface area contributed by atoms with Crippen LogP contribution in [0.15, 0.2) is 24.3 Å². The van der Waals surface area contributed by atoms with E-state index in [2.05, 4.69) is 12.1 Å². The lowest BCUT2D eigenvalue weighted by molar-refractivity contribution is 0.264. The van der Waals surface area contributed by atoms with Crippen LogP contribution >= 0.6 is 0 Å². The summed E-state index contributed by atoms with van der Waals surface area (Å²) in [4.78, 5) is 0. The molecule has 1 aromatic carbocycles. The monoisotopic (exact) mass is 214 g/mol. The van der Waals surface area contributed by atoms with Gasteiger partial charge in [0.15, 0.2) is 0 Å². The summed E-state index contributed by atoms with van der Waals surface area (Å²) in [5.74, 6) is 0.674. The van der Waals surface area contributed by atoms with Crippen LogP contribution in [0.2, 0.25) is 0 Å². The van der Waals surface area contributed by atoms with Gasteiger partial charge in [0, 0.05) is 0 Å². The fourth-order valence-corrected chi connectivity index (χ4v) is 1.14. The zero-order valence-corrected chi connectivity index (χ0v) is 9.53. The predicted molar refractivity (Wildman–Crippen MR) is 60.7 cm³/mol. The Morgan fingerprint density at radius 2 is 2.06 bits per heavy atom. The summed E-state index contributed by atoms with van der Waals surface area (Å²) in [7, 11) is 0. The minimum absolute atomic E-state index is 0.368. The lowest BCUT2D eigenvalue weighted by Crippen LogP contribution is -2.13. The Morgan fingerprint density at radius 1 is 1.31 bits per heavy atom. The summed E-state index contributed by atoms with van der Waals surface area (Å²) in [6.07, 6.45) is 0.667. The van der Waals surface area contributed by atoms with Crippen LogP contribution < -0.4 is 4.74 Å². The molecule has 0 radical (unpaired) electrons. The normalized spacial score (nSPS) is 10.2. The third kappa shape index (κ3) is 3.63. The summed E-state index contributed by atoms with van der Waals surface area (Å²) < 4.78 is 5.48. The van der Waals surface area contributed by atoms with E-state index in [4.69, 9.17) is 15.3 Å². The average Bonchev–Trinajstić information content (AvgIpc) is 2.29. The molecule has 0 saturated carbocycles. The summed E-state index contributed by atoms with van der Waals surface area (Å²) in [6.45, 7) is 4.24. The molecule has 0 heterocycles. The molecule has 3 nitrogen and oxygen atoms in total. The molecule has 0 atom stereocenters. The van der Waals surface area contributed by atoms with Gasteiger partial charge in [0.1, 0.15) is 5.75 Å². The number of hydrogen-bond donors (Lipinski definition) is 0. The Hall–Kier alpha value is -2.00. The van der Waals surface area contributed by atoms with Crippen molar-refractivity contribution in [2.45, 2.75) is 20.3 Å². The van der Waals surface area contributed by atoms with Crippen molar-refractivity contribution in [1.82, 2.24) is 0 Å². The van der Waals surface area contributed by atoms with Crippen molar-refractivity contribution >= 4 is 0 Å². The molecule has 0 N–H and O–H groups in total. The van der Waals surface area contributed by atoms with Crippen LogP contribution in [0.1, 0.15) is 25.8 Å². The smallest absolute Gasteiger partial charge is 0.120 e. The summed E-state index contributed by atoms with van der Waals surface area (Å²) in [5, 5.41) is 17.5. The van der Waals surface area contributed by atoms with Gasteiger partial charge in [0.25, 0.3) is 0 Å². The molecule has 0 amide bonds. The molecule has 1 rings (SSSR count). The molecule has 0 bridgehead atoms. The van der Waals surface area contributed by atoms with Crippen molar-refractivity contribution in [2.24, 2.45) is 5.41 Å². The summed E-state index contributed by atoms with van der Waals surface area (Å²) >= 11 is 0. The Labute approximate surface area is 95.9 Å². The van der Waals surface area contributed by atoms with E-state index in [9.17, 15) is 0 Å². The van der Waals surface area contributed by atoms with Crippen LogP contribution in [0.25, 0.3) is 0 Å². The van der Waals surface area contributed by atoms with Gasteiger partial charge in [-0.05, 0) is 38.5 Å². The predicted octanol–water partition coefficient (Wildman–Crippen LogP) is 2.88. The first-order chi connectivity index (χ1) is 7.57. The lowest BCUT2D eigenvalue weighted by Gasteiger charge is -2.15. The maximum atomic E-state index is 8.82. The highest BCUT2D eigenvalue weighted by atomic mass is 16.5. The van der Waals surface area contributed by atoms with Gasteiger partial charge in [-0.25, -0.2) is 0 Å². The lowest BCUT2D eigenvalue weighted by atomic mass is 9.92. The second-order valence-corrected chi connectivity index (χ2v) is 4.23. The molecule has 1 aromatic rings. The van der Waals surface area contributed by atoms with Gasteiger partial charge in [-0.15, -0.1) is 0 Å². The van der Waals surface area contributed by atoms with E-state index < -0.39 is 0 Å². The van der Waals surface area contributed by atoms with Gasteiger partial charge >= 0.3 is 0 Å². The molecule has 0 saturated heterocycles. The molecule has 0 spiro atoms. The summed E-state index contributed by atoms with van der Waals surface area (Å²) in [5.41, 5.74) is 0.212. The Bertz CT molecular complexity index is 438. The van der Waals surface area contributed by atoms with Crippen molar-refractivity contribution in [3.05, 3.63) is 29.8 Å². The molecular formula is C13H14N2O. The first kappa shape index (κ1) is 12.1. The van der Waals surface area contributed by atoms with Crippen LogP contribution in [-0.2, 0) is 0 Å². The van der Waals surface area contributed by atoms with Gasteiger partial charge in [0.2, 0.25) is 0 Å². The van der Waals surface area contributed by atoms with E-state index in [-0.39, 0.29) is 5.41 Å². The van der Waals surface area contributed by atoms with Crippen molar-refractivity contribution in [3.8, 4) is 17.9 Å². The Kier molecular flexibility index (Phi) is 3.91. The third-order valence-corrected chi connectivity index (χ3v) is 2.26.